The van der Waals surface area contributed by atoms with E-state index in [0.29, 0.717) is 10.4 Å². The maximum atomic E-state index is 13.0. The van der Waals surface area contributed by atoms with Gasteiger partial charge in [-0.2, -0.15) is 13.2 Å². The van der Waals surface area contributed by atoms with Crippen LogP contribution in [0.25, 0.3) is 0 Å². The molecule has 0 atom stereocenters. The zero-order chi connectivity index (χ0) is 20.4. The van der Waals surface area contributed by atoms with Crippen LogP contribution in [0, 0.1) is 0 Å². The lowest BCUT2D eigenvalue weighted by molar-refractivity contribution is -0.137. The van der Waals surface area contributed by atoms with E-state index >= 15 is 0 Å². The number of sulfonamides is 1. The third kappa shape index (κ3) is 5.51. The van der Waals surface area contributed by atoms with E-state index in [1.807, 2.05) is 0 Å². The van der Waals surface area contributed by atoms with Gasteiger partial charge in [0.2, 0.25) is 15.9 Å². The van der Waals surface area contributed by atoms with Crippen LogP contribution >= 0.6 is 11.6 Å². The molecule has 1 aliphatic rings. The number of nitrogens with zero attached hydrogens (tertiary/aromatic N) is 2. The van der Waals surface area contributed by atoms with E-state index in [2.05, 4.69) is 0 Å². The van der Waals surface area contributed by atoms with Crippen molar-refractivity contribution >= 4 is 33.2 Å². The summed E-state index contributed by atoms with van der Waals surface area (Å²) in [5, 5.41) is -0.179. The quantitative estimate of drug-likeness (QED) is 0.717. The second-order valence-corrected chi connectivity index (χ2v) is 9.04. The molecule has 0 spiro atoms. The Hall–Kier alpha value is -1.48. The molecule has 1 amide bonds. The Morgan fingerprint density at radius 1 is 1.22 bits per heavy atom. The van der Waals surface area contributed by atoms with Crippen LogP contribution in [0.4, 0.5) is 18.9 Å². The predicted octanol–water partition coefficient (Wildman–Crippen LogP) is 3.92. The number of alkyl halides is 3. The average molecular weight is 427 g/mol. The molecule has 0 heterocycles. The summed E-state index contributed by atoms with van der Waals surface area (Å²) in [5.41, 5.74) is -1.40. The molecule has 0 unspecified atom stereocenters. The number of carbonyl (C=O) groups is 1. The lowest BCUT2D eigenvalue weighted by atomic mass is 9.94. The number of halogens is 4. The number of anilines is 1. The molecule has 1 aliphatic carbocycles. The summed E-state index contributed by atoms with van der Waals surface area (Å²) >= 11 is 5.96. The topological polar surface area (TPSA) is 57.7 Å². The smallest absolute Gasteiger partial charge is 0.341 e. The SMILES string of the molecule is CN(C(=O)CN(c1cc(C(F)(F)F)ccc1Cl)S(C)(=O)=O)C1CCCCC1. The molecule has 0 aromatic heterocycles. The van der Waals surface area contributed by atoms with Gasteiger partial charge in [-0.25, -0.2) is 8.42 Å². The molecular weight excluding hydrogens is 405 g/mol. The summed E-state index contributed by atoms with van der Waals surface area (Å²) in [4.78, 5) is 14.1. The molecule has 0 saturated heterocycles. The molecular formula is C17H22ClF3N2O3S. The van der Waals surface area contributed by atoms with Gasteiger partial charge in [-0.1, -0.05) is 30.9 Å². The number of hydrogen-bond donors (Lipinski definition) is 0. The van der Waals surface area contributed by atoms with Gasteiger partial charge in [0, 0.05) is 13.1 Å². The highest BCUT2D eigenvalue weighted by molar-refractivity contribution is 7.92. The van der Waals surface area contributed by atoms with Crippen LogP contribution in [0.5, 0.6) is 0 Å². The minimum absolute atomic E-state index is 0.00430. The van der Waals surface area contributed by atoms with Crippen molar-refractivity contribution < 1.29 is 26.4 Å². The second kappa shape index (κ2) is 8.26. The molecule has 5 nitrogen and oxygen atoms in total. The summed E-state index contributed by atoms with van der Waals surface area (Å²) in [5.74, 6) is -0.485. The Bertz CT molecular complexity index is 793. The Labute approximate surface area is 162 Å². The minimum atomic E-state index is -4.66. The predicted molar refractivity (Wildman–Crippen MR) is 98.3 cm³/mol. The van der Waals surface area contributed by atoms with Crippen molar-refractivity contribution in [3.8, 4) is 0 Å². The summed E-state index contributed by atoms with van der Waals surface area (Å²) in [7, 11) is -2.44. The lowest BCUT2D eigenvalue weighted by Gasteiger charge is -2.33. The first-order valence-electron chi connectivity index (χ1n) is 8.51. The van der Waals surface area contributed by atoms with E-state index in [4.69, 9.17) is 11.6 Å². The number of benzene rings is 1. The highest BCUT2D eigenvalue weighted by atomic mass is 35.5. The van der Waals surface area contributed by atoms with Gasteiger partial charge in [-0.3, -0.25) is 9.10 Å². The van der Waals surface area contributed by atoms with Crippen molar-refractivity contribution in [2.75, 3.05) is 24.2 Å². The maximum absolute atomic E-state index is 13.0. The molecule has 1 saturated carbocycles. The molecule has 27 heavy (non-hydrogen) atoms. The standard InChI is InChI=1S/C17H22ClF3N2O3S/c1-22(13-6-4-3-5-7-13)16(24)11-23(27(2,25)26)15-10-12(17(19,20)21)8-9-14(15)18/h8-10,13H,3-7,11H2,1-2H3. The molecule has 1 aromatic carbocycles. The third-order valence-corrected chi connectivity index (χ3v) is 6.18. The molecule has 1 fully saturated rings. The van der Waals surface area contributed by atoms with Crippen LogP contribution in [0.1, 0.15) is 37.7 Å². The lowest BCUT2D eigenvalue weighted by Crippen LogP contribution is -2.45. The van der Waals surface area contributed by atoms with Crippen LogP contribution in [0.15, 0.2) is 18.2 Å². The van der Waals surface area contributed by atoms with Crippen LogP contribution < -0.4 is 4.31 Å². The highest BCUT2D eigenvalue weighted by Gasteiger charge is 2.33. The molecule has 10 heteroatoms. The summed E-state index contributed by atoms with van der Waals surface area (Å²) in [6, 6.07) is 2.40. The molecule has 2 rings (SSSR count). The normalized spacial score (nSPS) is 16.2. The van der Waals surface area contributed by atoms with Gasteiger partial charge >= 0.3 is 6.18 Å². The fraction of sp³-hybridized carbons (Fsp3) is 0.588. The minimum Gasteiger partial charge on any atom is -0.341 e. The Balaban J connectivity index is 2.32. The van der Waals surface area contributed by atoms with Crippen LogP contribution in [-0.4, -0.2) is 45.1 Å². The van der Waals surface area contributed by atoms with Gasteiger partial charge in [-0.05, 0) is 31.0 Å². The van der Waals surface area contributed by atoms with E-state index < -0.39 is 34.2 Å². The number of likely N-dealkylation sites (N-methyl/N-ethyl adjacent to an activating group) is 1. The Morgan fingerprint density at radius 2 is 1.81 bits per heavy atom. The van der Waals surface area contributed by atoms with E-state index in [0.717, 1.165) is 50.5 Å². The van der Waals surface area contributed by atoms with E-state index in [9.17, 15) is 26.4 Å². The number of carbonyl (C=O) groups excluding carboxylic acids is 1. The van der Waals surface area contributed by atoms with E-state index in [1.165, 1.54) is 4.90 Å². The first-order chi connectivity index (χ1) is 12.4. The van der Waals surface area contributed by atoms with E-state index in [-0.39, 0.29) is 16.8 Å². The largest absolute Gasteiger partial charge is 0.416 e. The first-order valence-corrected chi connectivity index (χ1v) is 10.7. The number of rotatable bonds is 5. The summed E-state index contributed by atoms with van der Waals surface area (Å²) < 4.78 is 64.0. The molecule has 1 aromatic rings. The molecule has 0 radical (unpaired) electrons. The Morgan fingerprint density at radius 3 is 2.33 bits per heavy atom. The zero-order valence-corrected chi connectivity index (χ0v) is 16.7. The van der Waals surface area contributed by atoms with Crippen LogP contribution in [-0.2, 0) is 21.0 Å². The van der Waals surface area contributed by atoms with Gasteiger partial charge in [0.25, 0.3) is 0 Å². The fourth-order valence-corrected chi connectivity index (χ4v) is 4.29. The molecule has 152 valence electrons. The van der Waals surface area contributed by atoms with Crippen molar-refractivity contribution in [2.24, 2.45) is 0 Å². The van der Waals surface area contributed by atoms with Gasteiger partial charge in [0.15, 0.2) is 0 Å². The summed E-state index contributed by atoms with van der Waals surface area (Å²) in [6.45, 7) is -0.604. The molecule has 0 N–H and O–H groups in total. The average Bonchev–Trinajstić information content (AvgIpc) is 2.58. The van der Waals surface area contributed by atoms with Gasteiger partial charge in [0.1, 0.15) is 6.54 Å². The van der Waals surface area contributed by atoms with Gasteiger partial charge in [0.05, 0.1) is 22.5 Å². The second-order valence-electron chi connectivity index (χ2n) is 6.73. The molecule has 0 aliphatic heterocycles. The van der Waals surface area contributed by atoms with Gasteiger partial charge < -0.3 is 4.90 Å². The van der Waals surface area contributed by atoms with Crippen LogP contribution in [0.3, 0.4) is 0 Å². The number of amides is 1. The van der Waals surface area contributed by atoms with E-state index in [1.54, 1.807) is 7.05 Å². The highest BCUT2D eigenvalue weighted by Crippen LogP contribution is 2.36. The van der Waals surface area contributed by atoms with Crippen molar-refractivity contribution in [3.63, 3.8) is 0 Å². The third-order valence-electron chi connectivity index (χ3n) is 4.74. The number of hydrogen-bond acceptors (Lipinski definition) is 3. The zero-order valence-electron chi connectivity index (χ0n) is 15.1. The van der Waals surface area contributed by atoms with Crippen molar-refractivity contribution in [1.29, 1.82) is 0 Å². The Kier molecular flexibility index (Phi) is 6.68. The fourth-order valence-electron chi connectivity index (χ4n) is 3.17. The van der Waals surface area contributed by atoms with Crippen molar-refractivity contribution in [1.82, 2.24) is 4.90 Å². The monoisotopic (exact) mass is 426 g/mol. The maximum Gasteiger partial charge on any atom is 0.416 e. The first kappa shape index (κ1) is 21.8. The van der Waals surface area contributed by atoms with Crippen molar-refractivity contribution in [3.05, 3.63) is 28.8 Å². The summed E-state index contributed by atoms with van der Waals surface area (Å²) in [6.07, 6.45) is 0.878. The van der Waals surface area contributed by atoms with Crippen molar-refractivity contribution in [2.45, 2.75) is 44.3 Å². The van der Waals surface area contributed by atoms with Gasteiger partial charge in [-0.15, -0.1) is 0 Å². The van der Waals surface area contributed by atoms with Crippen LogP contribution in [0.2, 0.25) is 5.02 Å². The molecule has 0 bridgehead atoms.